The smallest absolute Gasteiger partial charge is 0.0584 e. The molecule has 1 rings (SSSR count). The zero-order valence-electron chi connectivity index (χ0n) is 10.6. The van der Waals surface area contributed by atoms with Crippen LogP contribution in [0.15, 0.2) is 24.3 Å². The second-order valence-electron chi connectivity index (χ2n) is 4.51. The Bertz CT molecular complexity index is 294. The van der Waals surface area contributed by atoms with E-state index >= 15 is 0 Å². The van der Waals surface area contributed by atoms with E-state index in [9.17, 15) is 0 Å². The Morgan fingerprint density at radius 1 is 1.19 bits per heavy atom. The van der Waals surface area contributed by atoms with Crippen LogP contribution in [0.5, 0.6) is 0 Å². The predicted molar refractivity (Wildman–Crippen MR) is 68.5 cm³/mol. The molecular formula is C14H23NO. The second-order valence-corrected chi connectivity index (χ2v) is 4.51. The second kappa shape index (κ2) is 6.66. The van der Waals surface area contributed by atoms with Gasteiger partial charge in [0.25, 0.3) is 0 Å². The van der Waals surface area contributed by atoms with Crippen molar-refractivity contribution in [3.05, 3.63) is 35.4 Å². The fraction of sp³-hybridized carbons (Fsp3) is 0.571. The fourth-order valence-corrected chi connectivity index (χ4v) is 1.68. The van der Waals surface area contributed by atoms with Gasteiger partial charge in [0, 0.05) is 12.6 Å². The third-order valence-electron chi connectivity index (χ3n) is 3.01. The standard InChI is InChI=1S/C14H23NO/c1-4-5-13-6-8-14(9-7-13)10-15(3)12(2)11-16/h6-9,12,16H,4-5,10-11H2,1-3H3. The van der Waals surface area contributed by atoms with Crippen LogP contribution in [0.1, 0.15) is 31.4 Å². The van der Waals surface area contributed by atoms with Gasteiger partial charge < -0.3 is 5.11 Å². The molecule has 0 fully saturated rings. The number of hydrogen-bond donors (Lipinski definition) is 1. The zero-order chi connectivity index (χ0) is 12.0. The molecule has 0 aliphatic heterocycles. The lowest BCUT2D eigenvalue weighted by atomic mass is 10.1. The van der Waals surface area contributed by atoms with Crippen LogP contribution in [-0.4, -0.2) is 29.7 Å². The van der Waals surface area contributed by atoms with Gasteiger partial charge >= 0.3 is 0 Å². The number of aryl methyl sites for hydroxylation is 1. The average Bonchev–Trinajstić information content (AvgIpc) is 2.31. The van der Waals surface area contributed by atoms with Crippen molar-refractivity contribution in [3.63, 3.8) is 0 Å². The van der Waals surface area contributed by atoms with Crippen LogP contribution in [0.4, 0.5) is 0 Å². The number of likely N-dealkylation sites (N-methyl/N-ethyl adjacent to an activating group) is 1. The number of hydrogen-bond acceptors (Lipinski definition) is 2. The van der Waals surface area contributed by atoms with Crippen molar-refractivity contribution in [2.45, 2.75) is 39.3 Å². The molecule has 0 aliphatic rings. The van der Waals surface area contributed by atoms with E-state index in [1.54, 1.807) is 0 Å². The monoisotopic (exact) mass is 221 g/mol. The average molecular weight is 221 g/mol. The minimum absolute atomic E-state index is 0.213. The van der Waals surface area contributed by atoms with Gasteiger partial charge in [-0.2, -0.15) is 0 Å². The molecule has 0 spiro atoms. The minimum Gasteiger partial charge on any atom is -0.395 e. The fourth-order valence-electron chi connectivity index (χ4n) is 1.68. The maximum atomic E-state index is 9.06. The molecule has 0 amide bonds. The van der Waals surface area contributed by atoms with Gasteiger partial charge in [-0.05, 0) is 31.5 Å². The Balaban J connectivity index is 2.54. The van der Waals surface area contributed by atoms with Crippen molar-refractivity contribution < 1.29 is 5.11 Å². The van der Waals surface area contributed by atoms with E-state index in [0.717, 1.165) is 13.0 Å². The molecule has 0 aromatic heterocycles. The largest absolute Gasteiger partial charge is 0.395 e. The summed E-state index contributed by atoms with van der Waals surface area (Å²) in [7, 11) is 2.04. The highest BCUT2D eigenvalue weighted by Gasteiger charge is 2.07. The molecule has 1 unspecified atom stereocenters. The van der Waals surface area contributed by atoms with Gasteiger partial charge in [0.05, 0.1) is 6.61 Å². The van der Waals surface area contributed by atoms with E-state index in [0.29, 0.717) is 0 Å². The van der Waals surface area contributed by atoms with E-state index in [1.165, 1.54) is 17.5 Å². The Kier molecular flexibility index (Phi) is 5.50. The maximum Gasteiger partial charge on any atom is 0.0584 e. The van der Waals surface area contributed by atoms with Crippen LogP contribution >= 0.6 is 0 Å². The first-order chi connectivity index (χ1) is 7.67. The maximum absolute atomic E-state index is 9.06. The molecule has 1 aromatic carbocycles. The van der Waals surface area contributed by atoms with Crippen molar-refractivity contribution >= 4 is 0 Å². The van der Waals surface area contributed by atoms with Gasteiger partial charge in [0.15, 0.2) is 0 Å². The Morgan fingerprint density at radius 3 is 2.25 bits per heavy atom. The first-order valence-electron chi connectivity index (χ1n) is 6.06. The van der Waals surface area contributed by atoms with Crippen LogP contribution in [0.25, 0.3) is 0 Å². The molecule has 0 saturated carbocycles. The van der Waals surface area contributed by atoms with Crippen molar-refractivity contribution in [3.8, 4) is 0 Å². The molecule has 0 radical (unpaired) electrons. The molecule has 0 saturated heterocycles. The Labute approximate surface area is 98.9 Å². The van der Waals surface area contributed by atoms with Crippen molar-refractivity contribution in [1.29, 1.82) is 0 Å². The van der Waals surface area contributed by atoms with Crippen LogP contribution < -0.4 is 0 Å². The van der Waals surface area contributed by atoms with Gasteiger partial charge in [0.1, 0.15) is 0 Å². The molecule has 1 aromatic rings. The lowest BCUT2D eigenvalue weighted by Gasteiger charge is -2.22. The SMILES string of the molecule is CCCc1ccc(CN(C)C(C)CO)cc1. The molecular weight excluding hydrogens is 198 g/mol. The van der Waals surface area contributed by atoms with Gasteiger partial charge in [-0.15, -0.1) is 0 Å². The summed E-state index contributed by atoms with van der Waals surface area (Å²) in [6, 6.07) is 9.00. The summed E-state index contributed by atoms with van der Waals surface area (Å²) in [4.78, 5) is 2.16. The molecule has 1 N–H and O–H groups in total. The number of benzene rings is 1. The van der Waals surface area contributed by atoms with E-state index in [4.69, 9.17) is 5.11 Å². The molecule has 0 bridgehead atoms. The van der Waals surface area contributed by atoms with Gasteiger partial charge in [-0.3, -0.25) is 4.90 Å². The lowest BCUT2D eigenvalue weighted by Crippen LogP contribution is -2.31. The van der Waals surface area contributed by atoms with E-state index < -0.39 is 0 Å². The molecule has 0 heterocycles. The van der Waals surface area contributed by atoms with Gasteiger partial charge in [-0.25, -0.2) is 0 Å². The van der Waals surface area contributed by atoms with Crippen LogP contribution in [0.2, 0.25) is 0 Å². The normalized spacial score (nSPS) is 13.1. The topological polar surface area (TPSA) is 23.5 Å². The molecule has 90 valence electrons. The Morgan fingerprint density at radius 2 is 1.75 bits per heavy atom. The molecule has 16 heavy (non-hydrogen) atoms. The highest BCUT2D eigenvalue weighted by molar-refractivity contribution is 5.22. The lowest BCUT2D eigenvalue weighted by molar-refractivity contribution is 0.154. The van der Waals surface area contributed by atoms with E-state index in [2.05, 4.69) is 36.1 Å². The summed E-state index contributed by atoms with van der Waals surface area (Å²) in [6.07, 6.45) is 2.35. The summed E-state index contributed by atoms with van der Waals surface area (Å²) in [6.45, 7) is 5.34. The highest BCUT2D eigenvalue weighted by Crippen LogP contribution is 2.09. The predicted octanol–water partition coefficient (Wildman–Crippen LogP) is 2.45. The quantitative estimate of drug-likeness (QED) is 0.797. The highest BCUT2D eigenvalue weighted by atomic mass is 16.3. The third-order valence-corrected chi connectivity index (χ3v) is 3.01. The van der Waals surface area contributed by atoms with Crippen molar-refractivity contribution in [2.75, 3.05) is 13.7 Å². The first-order valence-corrected chi connectivity index (χ1v) is 6.06. The van der Waals surface area contributed by atoms with Crippen molar-refractivity contribution in [1.82, 2.24) is 4.90 Å². The number of aliphatic hydroxyl groups excluding tert-OH is 1. The summed E-state index contributed by atoms with van der Waals surface area (Å²) in [5.74, 6) is 0. The molecule has 0 aliphatic carbocycles. The molecule has 1 atom stereocenters. The van der Waals surface area contributed by atoms with Crippen LogP contribution in [0.3, 0.4) is 0 Å². The minimum atomic E-state index is 0.213. The summed E-state index contributed by atoms with van der Waals surface area (Å²) >= 11 is 0. The van der Waals surface area contributed by atoms with E-state index in [-0.39, 0.29) is 12.6 Å². The summed E-state index contributed by atoms with van der Waals surface area (Å²) < 4.78 is 0. The third kappa shape index (κ3) is 3.95. The van der Waals surface area contributed by atoms with Crippen molar-refractivity contribution in [2.24, 2.45) is 0 Å². The van der Waals surface area contributed by atoms with Gasteiger partial charge in [0.2, 0.25) is 0 Å². The van der Waals surface area contributed by atoms with Crippen LogP contribution in [-0.2, 0) is 13.0 Å². The number of aliphatic hydroxyl groups is 1. The Hall–Kier alpha value is -0.860. The van der Waals surface area contributed by atoms with Gasteiger partial charge in [-0.1, -0.05) is 37.6 Å². The first kappa shape index (κ1) is 13.2. The molecule has 2 nitrogen and oxygen atoms in total. The number of rotatable bonds is 6. The number of nitrogens with zero attached hydrogens (tertiary/aromatic N) is 1. The summed E-state index contributed by atoms with van der Waals surface area (Å²) in [5.41, 5.74) is 2.71. The van der Waals surface area contributed by atoms with Crippen LogP contribution in [0, 0.1) is 0 Å². The van der Waals surface area contributed by atoms with E-state index in [1.807, 2.05) is 14.0 Å². The molecule has 2 heteroatoms. The zero-order valence-corrected chi connectivity index (χ0v) is 10.6. The summed E-state index contributed by atoms with van der Waals surface area (Å²) in [5, 5.41) is 9.06.